The van der Waals surface area contributed by atoms with Gasteiger partial charge in [0.25, 0.3) is 0 Å². The summed E-state index contributed by atoms with van der Waals surface area (Å²) in [6.07, 6.45) is 4.76. The molecule has 1 amide bonds. The molecule has 1 aliphatic rings. The minimum absolute atomic E-state index is 0.00800. The number of aliphatic hydroxyl groups is 1. The largest absolute Gasteiger partial charge is 0.395 e. The molecule has 2 aromatic rings. The van der Waals surface area contributed by atoms with Crippen LogP contribution in [-0.4, -0.2) is 58.0 Å². The second-order valence-electron chi connectivity index (χ2n) is 7.36. The highest BCUT2D eigenvalue weighted by Crippen LogP contribution is 2.36. The van der Waals surface area contributed by atoms with Crippen molar-refractivity contribution in [2.24, 2.45) is 5.41 Å². The molecule has 7 heteroatoms. The van der Waals surface area contributed by atoms with Gasteiger partial charge in [0.05, 0.1) is 12.0 Å². The first-order chi connectivity index (χ1) is 13.0. The van der Waals surface area contributed by atoms with E-state index in [9.17, 15) is 14.3 Å². The predicted octanol–water partition coefficient (Wildman–Crippen LogP) is 1.45. The van der Waals surface area contributed by atoms with Crippen molar-refractivity contribution in [3.8, 4) is 0 Å². The number of hydrogen-bond acceptors (Lipinski definition) is 4. The Bertz CT molecular complexity index is 744. The number of nitrogens with one attached hydrogen (secondary N) is 1. The number of likely N-dealkylation sites (tertiary alicyclic amines) is 1. The highest BCUT2D eigenvalue weighted by Gasteiger charge is 2.50. The summed E-state index contributed by atoms with van der Waals surface area (Å²) in [6, 6.07) is 8.47. The average Bonchev–Trinajstić information content (AvgIpc) is 3.15. The van der Waals surface area contributed by atoms with Crippen molar-refractivity contribution in [3.05, 3.63) is 54.1 Å². The van der Waals surface area contributed by atoms with Gasteiger partial charge in [-0.1, -0.05) is 18.2 Å². The quantitative estimate of drug-likeness (QED) is 0.652. The fourth-order valence-corrected chi connectivity index (χ4v) is 3.56. The van der Waals surface area contributed by atoms with Crippen LogP contribution in [0.4, 0.5) is 4.39 Å². The molecule has 0 spiro atoms. The first-order valence-electron chi connectivity index (χ1n) is 9.38. The number of benzene rings is 1. The van der Waals surface area contributed by atoms with Crippen LogP contribution in [0.1, 0.15) is 18.9 Å². The SMILES string of the molecule is CC(CO)N1CC(Cc2ccccc2F)(C(=O)NCCCn2cccn2)C1. The lowest BCUT2D eigenvalue weighted by molar-refractivity contribution is -0.145. The molecule has 146 valence electrons. The zero-order chi connectivity index (χ0) is 19.3. The van der Waals surface area contributed by atoms with Gasteiger partial charge in [0.1, 0.15) is 5.82 Å². The predicted molar refractivity (Wildman–Crippen MR) is 101 cm³/mol. The van der Waals surface area contributed by atoms with Crippen molar-refractivity contribution in [1.29, 1.82) is 0 Å². The summed E-state index contributed by atoms with van der Waals surface area (Å²) >= 11 is 0. The molecule has 1 aromatic carbocycles. The van der Waals surface area contributed by atoms with E-state index in [1.807, 2.05) is 23.9 Å². The summed E-state index contributed by atoms with van der Waals surface area (Å²) in [5.41, 5.74) is -0.0994. The minimum Gasteiger partial charge on any atom is -0.395 e. The smallest absolute Gasteiger partial charge is 0.229 e. The number of halogens is 1. The maximum atomic E-state index is 14.1. The van der Waals surface area contributed by atoms with E-state index in [4.69, 9.17) is 0 Å². The van der Waals surface area contributed by atoms with Gasteiger partial charge in [-0.05, 0) is 37.5 Å². The molecule has 27 heavy (non-hydrogen) atoms. The summed E-state index contributed by atoms with van der Waals surface area (Å²) in [4.78, 5) is 15.0. The molecule has 1 saturated heterocycles. The Balaban J connectivity index is 1.61. The van der Waals surface area contributed by atoms with E-state index in [0.29, 0.717) is 31.6 Å². The van der Waals surface area contributed by atoms with Gasteiger partial charge in [-0.25, -0.2) is 4.39 Å². The summed E-state index contributed by atoms with van der Waals surface area (Å²) in [7, 11) is 0. The normalized spacial score (nSPS) is 17.3. The standard InChI is InChI=1S/C20H27FN4O2/c1-16(13-26)24-14-20(15-24,12-17-6-2-3-7-18(17)21)19(27)22-8-4-10-25-11-5-9-23-25/h2-3,5-7,9,11,16,26H,4,8,10,12-15H2,1H3,(H,22,27). The molecular weight excluding hydrogens is 347 g/mol. The molecule has 3 rings (SSSR count). The number of rotatable bonds is 9. The molecule has 2 N–H and O–H groups in total. The van der Waals surface area contributed by atoms with Crippen LogP contribution in [0.25, 0.3) is 0 Å². The van der Waals surface area contributed by atoms with Crippen LogP contribution in [0, 0.1) is 11.2 Å². The molecular formula is C20H27FN4O2. The number of carbonyl (C=O) groups is 1. The number of amides is 1. The average molecular weight is 374 g/mol. The van der Waals surface area contributed by atoms with Gasteiger partial charge in [-0.2, -0.15) is 5.10 Å². The van der Waals surface area contributed by atoms with Crippen LogP contribution >= 0.6 is 0 Å². The number of carbonyl (C=O) groups excluding carboxylic acids is 1. The van der Waals surface area contributed by atoms with Crippen LogP contribution in [0.2, 0.25) is 0 Å². The van der Waals surface area contributed by atoms with Crippen molar-refractivity contribution in [2.75, 3.05) is 26.2 Å². The lowest BCUT2D eigenvalue weighted by Gasteiger charge is -2.51. The Hall–Kier alpha value is -2.25. The number of aliphatic hydroxyl groups excluding tert-OH is 1. The van der Waals surface area contributed by atoms with Crippen LogP contribution < -0.4 is 5.32 Å². The molecule has 1 atom stereocenters. The van der Waals surface area contributed by atoms with Crippen molar-refractivity contribution < 1.29 is 14.3 Å². The Labute approximate surface area is 159 Å². The van der Waals surface area contributed by atoms with Gasteiger partial charge in [-0.3, -0.25) is 14.4 Å². The fourth-order valence-electron chi connectivity index (χ4n) is 3.56. The van der Waals surface area contributed by atoms with Gasteiger partial charge < -0.3 is 10.4 Å². The van der Waals surface area contributed by atoms with E-state index in [1.54, 1.807) is 24.4 Å². The summed E-state index contributed by atoms with van der Waals surface area (Å²) in [5, 5.41) is 16.5. The topological polar surface area (TPSA) is 70.4 Å². The Morgan fingerprint density at radius 1 is 1.37 bits per heavy atom. The third-order valence-corrected chi connectivity index (χ3v) is 5.28. The maximum absolute atomic E-state index is 14.1. The maximum Gasteiger partial charge on any atom is 0.229 e. The van der Waals surface area contributed by atoms with Crippen LogP contribution in [0.5, 0.6) is 0 Å². The van der Waals surface area contributed by atoms with E-state index >= 15 is 0 Å². The lowest BCUT2D eigenvalue weighted by atomic mass is 9.73. The molecule has 6 nitrogen and oxygen atoms in total. The van der Waals surface area contributed by atoms with Crippen molar-refractivity contribution in [3.63, 3.8) is 0 Å². The number of hydrogen-bond donors (Lipinski definition) is 2. The molecule has 1 fully saturated rings. The molecule has 0 bridgehead atoms. The Morgan fingerprint density at radius 3 is 2.81 bits per heavy atom. The summed E-state index contributed by atoms with van der Waals surface area (Å²) in [6.45, 7) is 4.30. The van der Waals surface area contributed by atoms with Gasteiger partial charge in [0.15, 0.2) is 0 Å². The third kappa shape index (κ3) is 4.54. The fraction of sp³-hybridized carbons (Fsp3) is 0.500. The van der Waals surface area contributed by atoms with Crippen LogP contribution in [-0.2, 0) is 17.8 Å². The Morgan fingerprint density at radius 2 is 2.15 bits per heavy atom. The van der Waals surface area contributed by atoms with E-state index < -0.39 is 5.41 Å². The first kappa shape index (κ1) is 19.5. The van der Waals surface area contributed by atoms with Crippen molar-refractivity contribution >= 4 is 5.91 Å². The van der Waals surface area contributed by atoms with Crippen molar-refractivity contribution in [1.82, 2.24) is 20.0 Å². The van der Waals surface area contributed by atoms with Crippen LogP contribution in [0.15, 0.2) is 42.7 Å². The number of aryl methyl sites for hydroxylation is 1. The molecule has 0 radical (unpaired) electrons. The van der Waals surface area contributed by atoms with E-state index in [1.165, 1.54) is 6.07 Å². The van der Waals surface area contributed by atoms with E-state index in [-0.39, 0.29) is 24.4 Å². The van der Waals surface area contributed by atoms with E-state index in [0.717, 1.165) is 13.0 Å². The highest BCUT2D eigenvalue weighted by molar-refractivity contribution is 5.84. The number of nitrogens with zero attached hydrogens (tertiary/aromatic N) is 3. The molecule has 2 heterocycles. The zero-order valence-electron chi connectivity index (χ0n) is 15.6. The van der Waals surface area contributed by atoms with E-state index in [2.05, 4.69) is 15.3 Å². The lowest BCUT2D eigenvalue weighted by Crippen LogP contribution is -2.66. The molecule has 0 saturated carbocycles. The molecule has 1 unspecified atom stereocenters. The summed E-state index contributed by atoms with van der Waals surface area (Å²) in [5.74, 6) is -0.329. The van der Waals surface area contributed by atoms with Gasteiger partial charge >= 0.3 is 0 Å². The highest BCUT2D eigenvalue weighted by atomic mass is 19.1. The summed E-state index contributed by atoms with van der Waals surface area (Å²) < 4.78 is 16.0. The Kier molecular flexibility index (Phi) is 6.23. The number of aromatic nitrogens is 2. The molecule has 0 aliphatic carbocycles. The zero-order valence-corrected chi connectivity index (χ0v) is 15.6. The second kappa shape index (κ2) is 8.63. The van der Waals surface area contributed by atoms with Crippen molar-refractivity contribution in [2.45, 2.75) is 32.4 Å². The van der Waals surface area contributed by atoms with Gasteiger partial charge in [0.2, 0.25) is 5.91 Å². The molecule has 1 aromatic heterocycles. The van der Waals surface area contributed by atoms with Gasteiger partial charge in [0, 0.05) is 44.6 Å². The second-order valence-corrected chi connectivity index (χ2v) is 7.36. The van der Waals surface area contributed by atoms with Gasteiger partial charge in [-0.15, -0.1) is 0 Å². The first-order valence-corrected chi connectivity index (χ1v) is 9.38. The minimum atomic E-state index is -0.655. The van der Waals surface area contributed by atoms with Crippen LogP contribution in [0.3, 0.4) is 0 Å². The monoisotopic (exact) mass is 374 g/mol. The third-order valence-electron chi connectivity index (χ3n) is 5.28. The molecule has 1 aliphatic heterocycles.